The highest BCUT2D eigenvalue weighted by Crippen LogP contribution is 2.23. The summed E-state index contributed by atoms with van der Waals surface area (Å²) in [6.45, 7) is 5.17. The van der Waals surface area contributed by atoms with E-state index in [-0.39, 0.29) is 0 Å². The van der Waals surface area contributed by atoms with E-state index in [1.807, 2.05) is 54.6 Å². The molecule has 2 rings (SSSR count). The van der Waals surface area contributed by atoms with Gasteiger partial charge in [-0.25, -0.2) is 0 Å². The number of thiocarbonyl (C=S) groups is 1. The number of nitrogens with one attached hydrogen (secondary N) is 2. The minimum Gasteiger partial charge on any atom is -0.490 e. The lowest BCUT2D eigenvalue weighted by molar-refractivity contribution is 0.218. The molecule has 0 saturated carbocycles. The van der Waals surface area contributed by atoms with Crippen LogP contribution in [0.25, 0.3) is 0 Å². The van der Waals surface area contributed by atoms with Gasteiger partial charge in [0, 0.05) is 6.54 Å². The molecule has 0 amide bonds. The van der Waals surface area contributed by atoms with Crippen molar-refractivity contribution in [3.05, 3.63) is 67.3 Å². The van der Waals surface area contributed by atoms with Crippen LogP contribution in [0.5, 0.6) is 11.5 Å². The van der Waals surface area contributed by atoms with Crippen molar-refractivity contribution in [2.45, 2.75) is 0 Å². The van der Waals surface area contributed by atoms with Crippen molar-refractivity contribution in [1.82, 2.24) is 5.32 Å². The molecule has 0 fully saturated rings. The molecule has 4 nitrogen and oxygen atoms in total. The zero-order chi connectivity index (χ0) is 16.3. The van der Waals surface area contributed by atoms with Gasteiger partial charge in [0.1, 0.15) is 24.7 Å². The number of rotatable bonds is 8. The summed E-state index contributed by atoms with van der Waals surface area (Å²) in [7, 11) is 0. The predicted octanol–water partition coefficient (Wildman–Crippen LogP) is 3.62. The summed E-state index contributed by atoms with van der Waals surface area (Å²) in [5.41, 5.74) is 0.814. The van der Waals surface area contributed by atoms with Crippen LogP contribution in [0.3, 0.4) is 0 Å². The first kappa shape index (κ1) is 16.8. The monoisotopic (exact) mass is 328 g/mol. The molecule has 0 radical (unpaired) electrons. The lowest BCUT2D eigenvalue weighted by atomic mass is 10.3. The summed E-state index contributed by atoms with van der Waals surface area (Å²) >= 11 is 5.21. The Morgan fingerprint density at radius 2 is 1.70 bits per heavy atom. The minimum atomic E-state index is 0.445. The van der Waals surface area contributed by atoms with Crippen LogP contribution in [-0.4, -0.2) is 24.9 Å². The van der Waals surface area contributed by atoms with Gasteiger partial charge in [-0.1, -0.05) is 36.4 Å². The molecule has 23 heavy (non-hydrogen) atoms. The molecule has 0 aliphatic carbocycles. The summed E-state index contributed by atoms with van der Waals surface area (Å²) in [5, 5.41) is 6.66. The second kappa shape index (κ2) is 9.48. The fourth-order valence-electron chi connectivity index (χ4n) is 1.86. The largest absolute Gasteiger partial charge is 0.490 e. The molecule has 120 valence electrons. The highest BCUT2D eigenvalue weighted by Gasteiger charge is 2.04. The Morgan fingerprint density at radius 3 is 2.48 bits per heavy atom. The first-order chi connectivity index (χ1) is 11.3. The normalized spacial score (nSPS) is 9.74. The van der Waals surface area contributed by atoms with Gasteiger partial charge in [-0.3, -0.25) is 0 Å². The van der Waals surface area contributed by atoms with E-state index in [1.54, 1.807) is 6.08 Å². The fraction of sp³-hybridized carbons (Fsp3) is 0.167. The van der Waals surface area contributed by atoms with Crippen molar-refractivity contribution in [3.63, 3.8) is 0 Å². The van der Waals surface area contributed by atoms with Gasteiger partial charge in [-0.15, -0.1) is 6.58 Å². The van der Waals surface area contributed by atoms with E-state index in [1.165, 1.54) is 0 Å². The number of hydrogen-bond acceptors (Lipinski definition) is 3. The van der Waals surface area contributed by atoms with Crippen molar-refractivity contribution in [2.24, 2.45) is 0 Å². The summed E-state index contributed by atoms with van der Waals surface area (Å²) in [4.78, 5) is 0. The van der Waals surface area contributed by atoms with Gasteiger partial charge in [0.25, 0.3) is 0 Å². The van der Waals surface area contributed by atoms with Crippen molar-refractivity contribution >= 4 is 23.0 Å². The molecule has 0 bridgehead atoms. The Morgan fingerprint density at radius 1 is 1.00 bits per heavy atom. The molecule has 0 aliphatic heterocycles. The Bertz CT molecular complexity index is 632. The lowest BCUT2D eigenvalue weighted by Crippen LogP contribution is -2.28. The molecule has 2 aromatic carbocycles. The van der Waals surface area contributed by atoms with Gasteiger partial charge >= 0.3 is 0 Å². The number of anilines is 1. The first-order valence-corrected chi connectivity index (χ1v) is 7.76. The van der Waals surface area contributed by atoms with Gasteiger partial charge in [-0.05, 0) is 36.5 Å². The zero-order valence-electron chi connectivity index (χ0n) is 12.8. The Hall–Kier alpha value is -2.53. The fourth-order valence-corrected chi connectivity index (χ4v) is 2.05. The van der Waals surface area contributed by atoms with Crippen LogP contribution in [0.2, 0.25) is 0 Å². The quantitative estimate of drug-likeness (QED) is 0.440. The molecule has 0 aromatic heterocycles. The zero-order valence-corrected chi connectivity index (χ0v) is 13.6. The molecular formula is C18H20N2O2S. The number of ether oxygens (including phenoxy) is 2. The van der Waals surface area contributed by atoms with Crippen LogP contribution in [0, 0.1) is 0 Å². The summed E-state index contributed by atoms with van der Waals surface area (Å²) in [5.74, 6) is 1.56. The molecule has 0 aliphatic rings. The number of benzene rings is 2. The SMILES string of the molecule is C=CCNC(=S)Nc1ccccc1OCCOc1ccccc1. The summed E-state index contributed by atoms with van der Waals surface area (Å²) in [6, 6.07) is 17.3. The molecule has 0 atom stereocenters. The van der Waals surface area contributed by atoms with Crippen LogP contribution in [0.4, 0.5) is 5.69 Å². The molecule has 5 heteroatoms. The van der Waals surface area contributed by atoms with E-state index in [2.05, 4.69) is 17.2 Å². The number of hydrogen-bond donors (Lipinski definition) is 2. The molecular weight excluding hydrogens is 308 g/mol. The van der Waals surface area contributed by atoms with Gasteiger partial charge < -0.3 is 20.1 Å². The van der Waals surface area contributed by atoms with Crippen molar-refractivity contribution in [3.8, 4) is 11.5 Å². The molecule has 0 spiro atoms. The second-order valence-corrected chi connectivity index (χ2v) is 5.04. The second-order valence-electron chi connectivity index (χ2n) is 4.63. The maximum absolute atomic E-state index is 5.77. The minimum absolute atomic E-state index is 0.445. The van der Waals surface area contributed by atoms with E-state index in [4.69, 9.17) is 21.7 Å². The molecule has 0 heterocycles. The smallest absolute Gasteiger partial charge is 0.171 e. The van der Waals surface area contributed by atoms with Gasteiger partial charge in [-0.2, -0.15) is 0 Å². The van der Waals surface area contributed by atoms with E-state index in [0.717, 1.165) is 17.2 Å². The van der Waals surface area contributed by atoms with Crippen LogP contribution in [-0.2, 0) is 0 Å². The van der Waals surface area contributed by atoms with Gasteiger partial charge in [0.05, 0.1) is 5.69 Å². The Balaban J connectivity index is 1.82. The molecule has 2 aromatic rings. The van der Waals surface area contributed by atoms with Crippen LogP contribution >= 0.6 is 12.2 Å². The van der Waals surface area contributed by atoms with Crippen molar-refractivity contribution in [2.75, 3.05) is 25.1 Å². The van der Waals surface area contributed by atoms with Crippen molar-refractivity contribution in [1.29, 1.82) is 0 Å². The third-order valence-corrected chi connectivity index (χ3v) is 3.14. The van der Waals surface area contributed by atoms with Gasteiger partial charge in [0.2, 0.25) is 0 Å². The average Bonchev–Trinajstić information content (AvgIpc) is 2.59. The van der Waals surface area contributed by atoms with Crippen molar-refractivity contribution < 1.29 is 9.47 Å². The van der Waals surface area contributed by atoms with Crippen LogP contribution in [0.1, 0.15) is 0 Å². The third kappa shape index (κ3) is 6.00. The first-order valence-electron chi connectivity index (χ1n) is 7.35. The summed E-state index contributed by atoms with van der Waals surface area (Å²) in [6.07, 6.45) is 1.75. The topological polar surface area (TPSA) is 42.5 Å². The highest BCUT2D eigenvalue weighted by atomic mass is 32.1. The maximum atomic E-state index is 5.77. The standard InChI is InChI=1S/C18H20N2O2S/c1-2-12-19-18(23)20-16-10-6-7-11-17(16)22-14-13-21-15-8-4-3-5-9-15/h2-11H,1,12-14H2,(H2,19,20,23). The van der Waals surface area contributed by atoms with E-state index >= 15 is 0 Å². The Labute approximate surface area is 142 Å². The Kier molecular flexibility index (Phi) is 6.94. The number of para-hydroxylation sites is 3. The average molecular weight is 328 g/mol. The summed E-state index contributed by atoms with van der Waals surface area (Å²) < 4.78 is 11.4. The molecule has 0 saturated heterocycles. The van der Waals surface area contributed by atoms with E-state index in [0.29, 0.717) is 24.9 Å². The lowest BCUT2D eigenvalue weighted by Gasteiger charge is -2.14. The maximum Gasteiger partial charge on any atom is 0.171 e. The highest BCUT2D eigenvalue weighted by molar-refractivity contribution is 7.80. The van der Waals surface area contributed by atoms with Crippen LogP contribution in [0.15, 0.2) is 67.3 Å². The predicted molar refractivity (Wildman–Crippen MR) is 98.3 cm³/mol. The third-order valence-electron chi connectivity index (χ3n) is 2.90. The molecule has 0 unspecified atom stereocenters. The van der Waals surface area contributed by atoms with E-state index in [9.17, 15) is 0 Å². The van der Waals surface area contributed by atoms with Gasteiger partial charge in [0.15, 0.2) is 5.11 Å². The molecule has 2 N–H and O–H groups in total. The van der Waals surface area contributed by atoms with E-state index < -0.39 is 0 Å². The van der Waals surface area contributed by atoms with Crippen LogP contribution < -0.4 is 20.1 Å².